The number of amides is 1. The van der Waals surface area contributed by atoms with E-state index < -0.39 is 0 Å². The zero-order chi connectivity index (χ0) is 15.2. The van der Waals surface area contributed by atoms with Crippen LogP contribution in [0.1, 0.15) is 18.1 Å². The van der Waals surface area contributed by atoms with Crippen LogP contribution in [-0.4, -0.2) is 11.9 Å². The van der Waals surface area contributed by atoms with E-state index in [2.05, 4.69) is 5.32 Å². The molecular weight excluding hydrogens is 284 g/mol. The Hall–Kier alpha value is -2.00. The van der Waals surface area contributed by atoms with Gasteiger partial charge in [0, 0.05) is 16.8 Å². The highest BCUT2D eigenvalue weighted by Crippen LogP contribution is 2.12. The highest BCUT2D eigenvalue weighted by molar-refractivity contribution is 6.30. The molecule has 4 heteroatoms. The molecule has 0 aliphatic rings. The fourth-order valence-corrected chi connectivity index (χ4v) is 2.43. The Labute approximate surface area is 130 Å². The molecule has 110 valence electrons. The van der Waals surface area contributed by atoms with Crippen molar-refractivity contribution in [3.63, 3.8) is 0 Å². The number of halogens is 1. The SMILES string of the molecule is CC(Cc1cccc(Cl)c1)NC(=O)Cc1ccc(N)cc1. The molecule has 0 saturated heterocycles. The summed E-state index contributed by atoms with van der Waals surface area (Å²) in [7, 11) is 0. The van der Waals surface area contributed by atoms with Gasteiger partial charge in [0.25, 0.3) is 0 Å². The maximum Gasteiger partial charge on any atom is 0.224 e. The van der Waals surface area contributed by atoms with Crippen molar-refractivity contribution in [1.82, 2.24) is 5.32 Å². The number of hydrogen-bond donors (Lipinski definition) is 2. The molecule has 3 N–H and O–H groups in total. The molecule has 1 amide bonds. The standard InChI is InChI=1S/C17H19ClN2O/c1-12(9-14-3-2-4-15(18)10-14)20-17(21)11-13-5-7-16(19)8-6-13/h2-8,10,12H,9,11,19H2,1H3,(H,20,21). The molecule has 0 bridgehead atoms. The van der Waals surface area contributed by atoms with Gasteiger partial charge in [0.05, 0.1) is 6.42 Å². The number of nitrogens with one attached hydrogen (secondary N) is 1. The van der Waals surface area contributed by atoms with E-state index >= 15 is 0 Å². The van der Waals surface area contributed by atoms with Gasteiger partial charge >= 0.3 is 0 Å². The number of carbonyl (C=O) groups excluding carboxylic acids is 1. The lowest BCUT2D eigenvalue weighted by molar-refractivity contribution is -0.121. The molecule has 2 rings (SSSR count). The second kappa shape index (κ2) is 7.14. The summed E-state index contributed by atoms with van der Waals surface area (Å²) in [6.07, 6.45) is 1.12. The zero-order valence-corrected chi connectivity index (χ0v) is 12.7. The van der Waals surface area contributed by atoms with Gasteiger partial charge in [-0.2, -0.15) is 0 Å². The Morgan fingerprint density at radius 2 is 1.90 bits per heavy atom. The molecule has 0 radical (unpaired) electrons. The number of nitrogen functional groups attached to an aromatic ring is 1. The molecule has 21 heavy (non-hydrogen) atoms. The Bertz CT molecular complexity index is 610. The smallest absolute Gasteiger partial charge is 0.224 e. The molecule has 1 unspecified atom stereocenters. The van der Waals surface area contributed by atoms with E-state index in [1.807, 2.05) is 43.3 Å². The molecule has 0 spiro atoms. The minimum Gasteiger partial charge on any atom is -0.399 e. The molecule has 0 fully saturated rings. The second-order valence-corrected chi connectivity index (χ2v) is 5.66. The quantitative estimate of drug-likeness (QED) is 0.833. The number of carbonyl (C=O) groups is 1. The van der Waals surface area contributed by atoms with E-state index in [0.717, 1.165) is 17.5 Å². The Morgan fingerprint density at radius 1 is 1.19 bits per heavy atom. The summed E-state index contributed by atoms with van der Waals surface area (Å²) < 4.78 is 0. The summed E-state index contributed by atoms with van der Waals surface area (Å²) in [6, 6.07) is 15.1. The molecule has 1 atom stereocenters. The Kier molecular flexibility index (Phi) is 5.23. The first-order valence-corrected chi connectivity index (χ1v) is 7.29. The second-order valence-electron chi connectivity index (χ2n) is 5.22. The predicted molar refractivity (Wildman–Crippen MR) is 87.3 cm³/mol. The first kappa shape index (κ1) is 15.4. The number of anilines is 1. The lowest BCUT2D eigenvalue weighted by Crippen LogP contribution is -2.35. The van der Waals surface area contributed by atoms with Crippen LogP contribution in [0, 0.1) is 0 Å². The summed E-state index contributed by atoms with van der Waals surface area (Å²) in [5.41, 5.74) is 8.40. The van der Waals surface area contributed by atoms with Crippen molar-refractivity contribution in [2.24, 2.45) is 0 Å². The van der Waals surface area contributed by atoms with Gasteiger partial charge in [-0.05, 0) is 48.7 Å². The average Bonchev–Trinajstić information content (AvgIpc) is 2.41. The van der Waals surface area contributed by atoms with Gasteiger partial charge in [-0.25, -0.2) is 0 Å². The molecular formula is C17H19ClN2O. The Morgan fingerprint density at radius 3 is 2.57 bits per heavy atom. The summed E-state index contributed by atoms with van der Waals surface area (Å²) in [5.74, 6) is 0.00861. The Balaban J connectivity index is 1.86. The van der Waals surface area contributed by atoms with E-state index in [0.29, 0.717) is 17.1 Å². The number of rotatable bonds is 5. The largest absolute Gasteiger partial charge is 0.399 e. The number of nitrogens with two attached hydrogens (primary N) is 1. The van der Waals surface area contributed by atoms with Gasteiger partial charge < -0.3 is 11.1 Å². The van der Waals surface area contributed by atoms with Crippen LogP contribution in [0.4, 0.5) is 5.69 Å². The maximum absolute atomic E-state index is 12.0. The van der Waals surface area contributed by atoms with Crippen molar-refractivity contribution in [3.05, 3.63) is 64.7 Å². The van der Waals surface area contributed by atoms with Gasteiger partial charge in [0.2, 0.25) is 5.91 Å². The maximum atomic E-state index is 12.0. The summed E-state index contributed by atoms with van der Waals surface area (Å²) in [6.45, 7) is 1.99. The monoisotopic (exact) mass is 302 g/mol. The fourth-order valence-electron chi connectivity index (χ4n) is 2.22. The summed E-state index contributed by atoms with van der Waals surface area (Å²) in [4.78, 5) is 12.0. The van der Waals surface area contributed by atoms with Crippen LogP contribution in [0.2, 0.25) is 5.02 Å². The summed E-state index contributed by atoms with van der Waals surface area (Å²) >= 11 is 5.96. The van der Waals surface area contributed by atoms with Crippen LogP contribution >= 0.6 is 11.6 Å². The topological polar surface area (TPSA) is 55.1 Å². The lowest BCUT2D eigenvalue weighted by Gasteiger charge is -2.14. The highest BCUT2D eigenvalue weighted by atomic mass is 35.5. The van der Waals surface area contributed by atoms with Crippen LogP contribution in [0.5, 0.6) is 0 Å². The molecule has 2 aromatic carbocycles. The van der Waals surface area contributed by atoms with Crippen molar-refractivity contribution in [2.45, 2.75) is 25.8 Å². The van der Waals surface area contributed by atoms with E-state index in [1.165, 1.54) is 0 Å². The normalized spacial score (nSPS) is 11.9. The zero-order valence-electron chi connectivity index (χ0n) is 12.0. The van der Waals surface area contributed by atoms with Crippen molar-refractivity contribution in [3.8, 4) is 0 Å². The van der Waals surface area contributed by atoms with Crippen LogP contribution < -0.4 is 11.1 Å². The molecule has 0 heterocycles. The van der Waals surface area contributed by atoms with Crippen LogP contribution in [0.3, 0.4) is 0 Å². The lowest BCUT2D eigenvalue weighted by atomic mass is 10.1. The molecule has 2 aromatic rings. The third-order valence-corrected chi connectivity index (χ3v) is 3.42. The predicted octanol–water partition coefficient (Wildman–Crippen LogP) is 3.21. The van der Waals surface area contributed by atoms with Crippen molar-refractivity contribution in [2.75, 3.05) is 5.73 Å². The minimum absolute atomic E-state index is 0.00861. The molecule has 3 nitrogen and oxygen atoms in total. The first-order chi connectivity index (χ1) is 10.0. The highest BCUT2D eigenvalue weighted by Gasteiger charge is 2.09. The summed E-state index contributed by atoms with van der Waals surface area (Å²) in [5, 5.41) is 3.71. The van der Waals surface area contributed by atoms with Crippen molar-refractivity contribution < 1.29 is 4.79 Å². The third-order valence-electron chi connectivity index (χ3n) is 3.18. The van der Waals surface area contributed by atoms with Crippen molar-refractivity contribution in [1.29, 1.82) is 0 Å². The van der Waals surface area contributed by atoms with E-state index in [9.17, 15) is 4.79 Å². The minimum atomic E-state index is 0.00861. The fraction of sp³-hybridized carbons (Fsp3) is 0.235. The van der Waals surface area contributed by atoms with Crippen LogP contribution in [0.15, 0.2) is 48.5 Å². The third kappa shape index (κ3) is 5.12. The van der Waals surface area contributed by atoms with Gasteiger partial charge in [-0.3, -0.25) is 4.79 Å². The van der Waals surface area contributed by atoms with E-state index in [-0.39, 0.29) is 11.9 Å². The van der Waals surface area contributed by atoms with Gasteiger partial charge in [-0.15, -0.1) is 0 Å². The molecule has 0 aliphatic heterocycles. The molecule has 0 aromatic heterocycles. The van der Waals surface area contributed by atoms with Gasteiger partial charge in [0.15, 0.2) is 0 Å². The molecule has 0 aliphatic carbocycles. The average molecular weight is 303 g/mol. The van der Waals surface area contributed by atoms with Crippen LogP contribution in [0.25, 0.3) is 0 Å². The van der Waals surface area contributed by atoms with E-state index in [4.69, 9.17) is 17.3 Å². The number of hydrogen-bond acceptors (Lipinski definition) is 2. The van der Waals surface area contributed by atoms with Crippen molar-refractivity contribution >= 4 is 23.2 Å². The molecule has 0 saturated carbocycles. The van der Waals surface area contributed by atoms with Gasteiger partial charge in [-0.1, -0.05) is 35.9 Å². The first-order valence-electron chi connectivity index (χ1n) is 6.91. The van der Waals surface area contributed by atoms with Gasteiger partial charge in [0.1, 0.15) is 0 Å². The number of benzene rings is 2. The van der Waals surface area contributed by atoms with E-state index in [1.54, 1.807) is 12.1 Å². The van der Waals surface area contributed by atoms with Crippen LogP contribution in [-0.2, 0) is 17.6 Å².